The van der Waals surface area contributed by atoms with Crippen LogP contribution >= 0.6 is 0 Å². The second-order valence-electron chi connectivity index (χ2n) is 5.28. The molecule has 4 heteroatoms. The monoisotopic (exact) mass is 268 g/mol. The van der Waals surface area contributed by atoms with Crippen LogP contribution in [0.2, 0.25) is 0 Å². The molecule has 0 unspecified atom stereocenters. The molecule has 2 N–H and O–H groups in total. The molecule has 0 saturated heterocycles. The molecule has 0 spiro atoms. The molecule has 1 aliphatic rings. The lowest BCUT2D eigenvalue weighted by molar-refractivity contribution is 0.676. The molecule has 4 nitrogen and oxygen atoms in total. The van der Waals surface area contributed by atoms with Crippen LogP contribution in [0.25, 0.3) is 0 Å². The van der Waals surface area contributed by atoms with Crippen LogP contribution in [0.3, 0.4) is 0 Å². The number of nitrogens with two attached hydrogens (primary N) is 1. The topological polar surface area (TPSA) is 47.1 Å². The van der Waals surface area contributed by atoms with Gasteiger partial charge in [0.05, 0.1) is 5.69 Å². The number of nitrogens with zero attached hydrogens (tertiary/aromatic N) is 3. The number of benzene rings is 1. The molecule has 0 amide bonds. The van der Waals surface area contributed by atoms with Gasteiger partial charge in [-0.3, -0.25) is 0 Å². The predicted molar refractivity (Wildman–Crippen MR) is 82.8 cm³/mol. The number of anilines is 2. The third-order valence-electron chi connectivity index (χ3n) is 3.79. The molecule has 1 aliphatic heterocycles. The molecule has 2 heterocycles. The van der Waals surface area contributed by atoms with E-state index in [1.54, 1.807) is 0 Å². The van der Waals surface area contributed by atoms with Crippen molar-refractivity contribution in [3.8, 4) is 0 Å². The zero-order chi connectivity index (χ0) is 14.1. The molecule has 0 aliphatic carbocycles. The first kappa shape index (κ1) is 12.8. The van der Waals surface area contributed by atoms with Crippen LogP contribution in [0, 0.1) is 6.92 Å². The summed E-state index contributed by atoms with van der Waals surface area (Å²) in [6, 6.07) is 6.17. The Hall–Kier alpha value is -2.23. The van der Waals surface area contributed by atoms with E-state index in [0.29, 0.717) is 0 Å². The minimum Gasteiger partial charge on any atom is -0.398 e. The average Bonchev–Trinajstić information content (AvgIpc) is 2.80. The van der Waals surface area contributed by atoms with Crippen LogP contribution in [0.1, 0.15) is 16.8 Å². The summed E-state index contributed by atoms with van der Waals surface area (Å²) >= 11 is 0. The summed E-state index contributed by atoms with van der Waals surface area (Å²) in [7, 11) is 0. The Labute approximate surface area is 119 Å². The van der Waals surface area contributed by atoms with E-state index < -0.39 is 0 Å². The molecule has 2 aromatic rings. The van der Waals surface area contributed by atoms with Gasteiger partial charge in [-0.05, 0) is 30.5 Å². The number of fused-ring (bicyclic) bond motifs is 1. The Balaban J connectivity index is 1.92. The lowest BCUT2D eigenvalue weighted by Crippen LogP contribution is -2.33. The van der Waals surface area contributed by atoms with Gasteiger partial charge in [-0.25, -0.2) is 4.98 Å². The van der Waals surface area contributed by atoms with Crippen molar-refractivity contribution in [1.82, 2.24) is 9.55 Å². The van der Waals surface area contributed by atoms with Gasteiger partial charge in [0.25, 0.3) is 0 Å². The summed E-state index contributed by atoms with van der Waals surface area (Å²) in [6.45, 7) is 8.45. The van der Waals surface area contributed by atoms with E-state index in [-0.39, 0.29) is 0 Å². The van der Waals surface area contributed by atoms with E-state index in [0.717, 1.165) is 43.4 Å². The van der Waals surface area contributed by atoms with E-state index in [2.05, 4.69) is 33.3 Å². The molecule has 0 radical (unpaired) electrons. The normalized spacial score (nSPS) is 14.2. The van der Waals surface area contributed by atoms with Gasteiger partial charge in [0.1, 0.15) is 0 Å². The zero-order valence-corrected chi connectivity index (χ0v) is 11.8. The first-order valence-electron chi connectivity index (χ1n) is 6.95. The highest BCUT2D eigenvalue weighted by Gasteiger charge is 2.21. The summed E-state index contributed by atoms with van der Waals surface area (Å²) in [5.41, 5.74) is 10.6. The Bertz CT molecular complexity index is 642. The van der Waals surface area contributed by atoms with Crippen LogP contribution in [-0.2, 0) is 19.5 Å². The number of imidazole rings is 1. The Kier molecular flexibility index (Phi) is 3.22. The summed E-state index contributed by atoms with van der Waals surface area (Å²) in [6.07, 6.45) is 4.95. The van der Waals surface area contributed by atoms with Crippen molar-refractivity contribution in [3.63, 3.8) is 0 Å². The molecule has 3 rings (SSSR count). The van der Waals surface area contributed by atoms with Gasteiger partial charge in [-0.1, -0.05) is 18.2 Å². The van der Waals surface area contributed by atoms with Crippen LogP contribution in [0.4, 0.5) is 11.6 Å². The quantitative estimate of drug-likeness (QED) is 0.687. The maximum atomic E-state index is 6.05. The summed E-state index contributed by atoms with van der Waals surface area (Å²) in [5, 5.41) is 0. The average molecular weight is 268 g/mol. The molecule has 20 heavy (non-hydrogen) atoms. The molecule has 104 valence electrons. The molecule has 0 bridgehead atoms. The van der Waals surface area contributed by atoms with E-state index in [4.69, 9.17) is 5.73 Å². The van der Waals surface area contributed by atoms with E-state index in [1.807, 2.05) is 25.1 Å². The van der Waals surface area contributed by atoms with Gasteiger partial charge in [0.2, 0.25) is 5.95 Å². The zero-order valence-electron chi connectivity index (χ0n) is 11.8. The number of allylic oxidation sites excluding steroid dienone is 1. The summed E-state index contributed by atoms with van der Waals surface area (Å²) in [5.74, 6) is 1.02. The van der Waals surface area contributed by atoms with Crippen molar-refractivity contribution >= 4 is 11.6 Å². The van der Waals surface area contributed by atoms with E-state index in [1.165, 1.54) is 11.1 Å². The summed E-state index contributed by atoms with van der Waals surface area (Å²) in [4.78, 5) is 6.98. The van der Waals surface area contributed by atoms with Crippen molar-refractivity contribution in [1.29, 1.82) is 0 Å². The van der Waals surface area contributed by atoms with Gasteiger partial charge >= 0.3 is 0 Å². The van der Waals surface area contributed by atoms with E-state index >= 15 is 0 Å². The number of nitrogen functional groups attached to an aromatic ring is 1. The Morgan fingerprint density at radius 1 is 1.45 bits per heavy atom. The van der Waals surface area contributed by atoms with Crippen LogP contribution in [0.15, 0.2) is 37.1 Å². The molecule has 0 fully saturated rings. The first-order chi connectivity index (χ1) is 9.69. The SMILES string of the molecule is C=CCn1cc(C)nc1N1CCc2c(N)cccc2C1. The Morgan fingerprint density at radius 3 is 3.10 bits per heavy atom. The van der Waals surface area contributed by atoms with Crippen LogP contribution < -0.4 is 10.6 Å². The lowest BCUT2D eigenvalue weighted by atomic mass is 9.98. The van der Waals surface area contributed by atoms with Crippen molar-refractivity contribution < 1.29 is 0 Å². The maximum Gasteiger partial charge on any atom is 0.206 e. The fourth-order valence-corrected chi connectivity index (χ4v) is 2.87. The third kappa shape index (κ3) is 2.18. The molecule has 1 aromatic carbocycles. The smallest absolute Gasteiger partial charge is 0.206 e. The van der Waals surface area contributed by atoms with Gasteiger partial charge in [0.15, 0.2) is 0 Å². The molecular formula is C16H20N4. The van der Waals surface area contributed by atoms with Crippen LogP contribution in [-0.4, -0.2) is 16.1 Å². The maximum absolute atomic E-state index is 6.05. The van der Waals surface area contributed by atoms with Gasteiger partial charge in [-0.2, -0.15) is 0 Å². The number of hydrogen-bond donors (Lipinski definition) is 1. The summed E-state index contributed by atoms with van der Waals surface area (Å²) < 4.78 is 2.15. The van der Waals surface area contributed by atoms with Crippen molar-refractivity contribution in [2.75, 3.05) is 17.2 Å². The largest absolute Gasteiger partial charge is 0.398 e. The highest BCUT2D eigenvalue weighted by molar-refractivity contribution is 5.54. The number of aromatic nitrogens is 2. The second kappa shape index (κ2) is 5.04. The molecule has 0 saturated carbocycles. The first-order valence-corrected chi connectivity index (χ1v) is 6.95. The lowest BCUT2D eigenvalue weighted by Gasteiger charge is -2.30. The predicted octanol–water partition coefficient (Wildman–Crippen LogP) is 2.52. The van der Waals surface area contributed by atoms with Gasteiger partial charge in [-0.15, -0.1) is 6.58 Å². The molecule has 1 aromatic heterocycles. The third-order valence-corrected chi connectivity index (χ3v) is 3.79. The highest BCUT2D eigenvalue weighted by atomic mass is 15.3. The highest BCUT2D eigenvalue weighted by Crippen LogP contribution is 2.27. The van der Waals surface area contributed by atoms with Crippen LogP contribution in [0.5, 0.6) is 0 Å². The standard InChI is InChI=1S/C16H20N4/c1-3-8-19-10-12(2)18-16(19)20-9-7-14-13(11-20)5-4-6-15(14)17/h3-6,10H,1,7-9,11,17H2,2H3. The fraction of sp³-hybridized carbons (Fsp3) is 0.312. The van der Waals surface area contributed by atoms with Gasteiger partial charge in [0, 0.05) is 31.5 Å². The van der Waals surface area contributed by atoms with Crippen molar-refractivity contribution in [2.45, 2.75) is 26.4 Å². The molecule has 0 atom stereocenters. The Morgan fingerprint density at radius 2 is 2.30 bits per heavy atom. The van der Waals surface area contributed by atoms with Crippen molar-refractivity contribution in [2.24, 2.45) is 0 Å². The number of rotatable bonds is 3. The number of aryl methyl sites for hydroxylation is 1. The minimum absolute atomic E-state index is 0.788. The second-order valence-corrected chi connectivity index (χ2v) is 5.28. The van der Waals surface area contributed by atoms with Crippen molar-refractivity contribution in [3.05, 3.63) is 53.9 Å². The fourth-order valence-electron chi connectivity index (χ4n) is 2.87. The van der Waals surface area contributed by atoms with Gasteiger partial charge < -0.3 is 15.2 Å². The minimum atomic E-state index is 0.788. The number of hydrogen-bond acceptors (Lipinski definition) is 3. The van der Waals surface area contributed by atoms with E-state index in [9.17, 15) is 0 Å². The molecular weight excluding hydrogens is 248 g/mol.